The Morgan fingerprint density at radius 2 is 2.18 bits per heavy atom. The van der Waals surface area contributed by atoms with Crippen molar-refractivity contribution in [3.8, 4) is 0 Å². The van der Waals surface area contributed by atoms with Gasteiger partial charge < -0.3 is 5.32 Å². The van der Waals surface area contributed by atoms with E-state index in [1.807, 2.05) is 30.5 Å². The number of nitrogens with zero attached hydrogens (tertiary/aromatic N) is 1. The summed E-state index contributed by atoms with van der Waals surface area (Å²) in [4.78, 5) is 4.29. The molecular formula is C9H10N2. The molecule has 0 bridgehead atoms. The highest BCUT2D eigenvalue weighted by Crippen LogP contribution is 2.26. The second-order valence-electron chi connectivity index (χ2n) is 2.73. The normalized spacial score (nSPS) is 20.6. The van der Waals surface area contributed by atoms with E-state index in [2.05, 4.69) is 17.2 Å². The van der Waals surface area contributed by atoms with E-state index in [1.54, 1.807) is 0 Å². The monoisotopic (exact) mass is 146 g/mol. The van der Waals surface area contributed by atoms with Crippen molar-refractivity contribution >= 4 is 17.6 Å². The van der Waals surface area contributed by atoms with Crippen LogP contribution >= 0.6 is 0 Å². The number of fused-ring (bicyclic) bond motifs is 1. The molecule has 2 heteroatoms. The van der Waals surface area contributed by atoms with E-state index < -0.39 is 0 Å². The topological polar surface area (TPSA) is 24.4 Å². The molecule has 1 heterocycles. The van der Waals surface area contributed by atoms with Gasteiger partial charge in [-0.25, -0.2) is 0 Å². The predicted molar refractivity (Wildman–Crippen MR) is 47.7 cm³/mol. The van der Waals surface area contributed by atoms with Crippen LogP contribution in [0.3, 0.4) is 0 Å². The van der Waals surface area contributed by atoms with Gasteiger partial charge in [-0.05, 0) is 19.1 Å². The molecule has 1 unspecified atom stereocenters. The zero-order valence-corrected chi connectivity index (χ0v) is 6.41. The average Bonchev–Trinajstić information content (AvgIpc) is 2.04. The molecule has 1 aromatic carbocycles. The zero-order valence-electron chi connectivity index (χ0n) is 6.41. The third kappa shape index (κ3) is 1.11. The van der Waals surface area contributed by atoms with Crippen LogP contribution in [-0.4, -0.2) is 12.3 Å². The minimum absolute atomic E-state index is 0.352. The summed E-state index contributed by atoms with van der Waals surface area (Å²) in [6, 6.07) is 8.41. The summed E-state index contributed by atoms with van der Waals surface area (Å²) in [7, 11) is 0. The molecule has 11 heavy (non-hydrogen) atoms. The van der Waals surface area contributed by atoms with Gasteiger partial charge in [0.05, 0.1) is 17.4 Å². The van der Waals surface area contributed by atoms with Gasteiger partial charge in [-0.15, -0.1) is 0 Å². The van der Waals surface area contributed by atoms with Gasteiger partial charge in [-0.1, -0.05) is 12.1 Å². The summed E-state index contributed by atoms with van der Waals surface area (Å²) < 4.78 is 0. The van der Waals surface area contributed by atoms with E-state index in [1.165, 1.54) is 0 Å². The van der Waals surface area contributed by atoms with Crippen LogP contribution in [0.2, 0.25) is 0 Å². The molecule has 0 aliphatic carbocycles. The van der Waals surface area contributed by atoms with Gasteiger partial charge in [-0.2, -0.15) is 0 Å². The number of rotatable bonds is 0. The van der Waals surface area contributed by atoms with Crippen molar-refractivity contribution in [2.45, 2.75) is 13.0 Å². The average molecular weight is 146 g/mol. The molecule has 0 saturated heterocycles. The first-order valence-corrected chi connectivity index (χ1v) is 3.76. The van der Waals surface area contributed by atoms with Gasteiger partial charge in [-0.3, -0.25) is 4.99 Å². The van der Waals surface area contributed by atoms with Crippen LogP contribution in [0.15, 0.2) is 29.3 Å². The number of benzene rings is 1. The number of para-hydroxylation sites is 2. The molecule has 1 aromatic rings. The molecule has 1 aliphatic rings. The number of hydrogen-bond acceptors (Lipinski definition) is 2. The highest BCUT2D eigenvalue weighted by atomic mass is 15.0. The Morgan fingerprint density at radius 3 is 3.09 bits per heavy atom. The van der Waals surface area contributed by atoms with Gasteiger partial charge >= 0.3 is 0 Å². The van der Waals surface area contributed by atoms with Crippen LogP contribution < -0.4 is 5.32 Å². The van der Waals surface area contributed by atoms with Crippen LogP contribution in [0.1, 0.15) is 6.92 Å². The third-order valence-corrected chi connectivity index (χ3v) is 1.72. The van der Waals surface area contributed by atoms with Crippen molar-refractivity contribution < 1.29 is 0 Å². The lowest BCUT2D eigenvalue weighted by atomic mass is 10.2. The fourth-order valence-electron chi connectivity index (χ4n) is 1.18. The van der Waals surface area contributed by atoms with E-state index in [4.69, 9.17) is 0 Å². The second kappa shape index (κ2) is 2.38. The first-order chi connectivity index (χ1) is 5.36. The van der Waals surface area contributed by atoms with Gasteiger partial charge in [0.2, 0.25) is 0 Å². The Hall–Kier alpha value is -1.31. The molecular weight excluding hydrogens is 136 g/mol. The number of nitrogens with one attached hydrogen (secondary N) is 1. The number of anilines is 1. The Bertz CT molecular complexity index is 291. The van der Waals surface area contributed by atoms with Gasteiger partial charge in [0.15, 0.2) is 0 Å². The van der Waals surface area contributed by atoms with Gasteiger partial charge in [0.25, 0.3) is 0 Å². The quantitative estimate of drug-likeness (QED) is 0.596. The van der Waals surface area contributed by atoms with E-state index in [9.17, 15) is 0 Å². The maximum Gasteiger partial charge on any atom is 0.0858 e. The molecule has 0 aromatic heterocycles. The SMILES string of the molecule is CC1C=Nc2ccccc2N1. The van der Waals surface area contributed by atoms with Crippen molar-refractivity contribution in [2.75, 3.05) is 5.32 Å². The summed E-state index contributed by atoms with van der Waals surface area (Å²) in [5.41, 5.74) is 2.16. The first kappa shape index (κ1) is 6.40. The molecule has 2 rings (SSSR count). The van der Waals surface area contributed by atoms with E-state index in [-0.39, 0.29) is 0 Å². The van der Waals surface area contributed by atoms with Crippen LogP contribution in [0, 0.1) is 0 Å². The van der Waals surface area contributed by atoms with Crippen molar-refractivity contribution in [2.24, 2.45) is 4.99 Å². The lowest BCUT2D eigenvalue weighted by Crippen LogP contribution is -2.18. The molecule has 0 saturated carbocycles. The highest BCUT2D eigenvalue weighted by molar-refractivity contribution is 5.82. The zero-order chi connectivity index (χ0) is 7.68. The van der Waals surface area contributed by atoms with Crippen molar-refractivity contribution in [3.63, 3.8) is 0 Å². The Morgan fingerprint density at radius 1 is 1.36 bits per heavy atom. The van der Waals surface area contributed by atoms with Crippen molar-refractivity contribution in [1.29, 1.82) is 0 Å². The van der Waals surface area contributed by atoms with E-state index in [0.717, 1.165) is 11.4 Å². The molecule has 2 nitrogen and oxygen atoms in total. The minimum atomic E-state index is 0.352. The number of hydrogen-bond donors (Lipinski definition) is 1. The summed E-state index contributed by atoms with van der Waals surface area (Å²) in [5, 5.41) is 3.31. The molecule has 0 radical (unpaired) electrons. The van der Waals surface area contributed by atoms with Crippen molar-refractivity contribution in [1.82, 2.24) is 0 Å². The fraction of sp³-hybridized carbons (Fsp3) is 0.222. The molecule has 1 aliphatic heterocycles. The van der Waals surface area contributed by atoms with Crippen LogP contribution in [-0.2, 0) is 0 Å². The Balaban J connectivity index is 2.46. The molecule has 0 fully saturated rings. The van der Waals surface area contributed by atoms with Crippen LogP contribution in [0.4, 0.5) is 11.4 Å². The summed E-state index contributed by atoms with van der Waals surface area (Å²) in [6.07, 6.45) is 1.92. The minimum Gasteiger partial charge on any atom is -0.376 e. The lowest BCUT2D eigenvalue weighted by Gasteiger charge is -2.17. The summed E-state index contributed by atoms with van der Waals surface area (Å²) in [6.45, 7) is 2.08. The van der Waals surface area contributed by atoms with Gasteiger partial charge in [0.1, 0.15) is 0 Å². The maximum absolute atomic E-state index is 4.29. The molecule has 0 spiro atoms. The fourth-order valence-corrected chi connectivity index (χ4v) is 1.18. The summed E-state index contributed by atoms with van der Waals surface area (Å²) >= 11 is 0. The maximum atomic E-state index is 4.29. The third-order valence-electron chi connectivity index (χ3n) is 1.72. The Kier molecular flexibility index (Phi) is 1.39. The smallest absolute Gasteiger partial charge is 0.0858 e. The predicted octanol–water partition coefficient (Wildman–Crippen LogP) is 2.20. The van der Waals surface area contributed by atoms with Crippen LogP contribution in [0.25, 0.3) is 0 Å². The first-order valence-electron chi connectivity index (χ1n) is 3.76. The highest BCUT2D eigenvalue weighted by Gasteiger charge is 2.07. The number of aliphatic imine (C=N–C) groups is 1. The molecule has 0 amide bonds. The molecule has 1 N–H and O–H groups in total. The van der Waals surface area contributed by atoms with E-state index in [0.29, 0.717) is 6.04 Å². The molecule has 1 atom stereocenters. The van der Waals surface area contributed by atoms with Gasteiger partial charge in [0, 0.05) is 6.21 Å². The Labute approximate surface area is 66.0 Å². The molecule has 56 valence electrons. The van der Waals surface area contributed by atoms with Crippen LogP contribution in [0.5, 0.6) is 0 Å². The van der Waals surface area contributed by atoms with Crippen molar-refractivity contribution in [3.05, 3.63) is 24.3 Å². The lowest BCUT2D eigenvalue weighted by molar-refractivity contribution is 1.05. The second-order valence-corrected chi connectivity index (χ2v) is 2.73. The summed E-state index contributed by atoms with van der Waals surface area (Å²) in [5.74, 6) is 0. The largest absolute Gasteiger partial charge is 0.376 e. The standard InChI is InChI=1S/C9H10N2/c1-7-6-10-8-4-2-3-5-9(8)11-7/h2-7,11H,1H3. The van der Waals surface area contributed by atoms with E-state index >= 15 is 0 Å².